The topological polar surface area (TPSA) is 84.3 Å². The molecule has 1 unspecified atom stereocenters. The third kappa shape index (κ3) is 3.52. The Balaban J connectivity index is 1.82. The number of nitrogens with zero attached hydrogens (tertiary/aromatic N) is 3. The van der Waals surface area contributed by atoms with Gasteiger partial charge >= 0.3 is 0 Å². The van der Waals surface area contributed by atoms with Crippen LogP contribution in [0.2, 0.25) is 0 Å². The second-order valence-corrected chi connectivity index (χ2v) is 9.17. The van der Waals surface area contributed by atoms with Crippen molar-refractivity contribution in [2.24, 2.45) is 0 Å². The Morgan fingerprint density at radius 1 is 1.46 bits per heavy atom. The van der Waals surface area contributed by atoms with Gasteiger partial charge in [-0.05, 0) is 31.5 Å². The molecular formula is C15H20N4O3S2. The van der Waals surface area contributed by atoms with E-state index in [4.69, 9.17) is 0 Å². The van der Waals surface area contributed by atoms with Gasteiger partial charge in [-0.15, -0.1) is 11.3 Å². The van der Waals surface area contributed by atoms with Crippen molar-refractivity contribution < 1.29 is 13.2 Å². The Labute approximate surface area is 145 Å². The summed E-state index contributed by atoms with van der Waals surface area (Å²) in [5.74, 6) is -0.0204. The Bertz CT molecular complexity index is 850. The second-order valence-electron chi connectivity index (χ2n) is 6.08. The maximum absolute atomic E-state index is 12.8. The smallest absolute Gasteiger partial charge is 0.264 e. The fraction of sp³-hybridized carbons (Fsp3) is 0.467. The van der Waals surface area contributed by atoms with Crippen LogP contribution in [0.15, 0.2) is 18.3 Å². The van der Waals surface area contributed by atoms with Gasteiger partial charge in [0, 0.05) is 24.2 Å². The number of amides is 1. The van der Waals surface area contributed by atoms with Crippen LogP contribution in [-0.2, 0) is 16.6 Å². The molecule has 1 atom stereocenters. The van der Waals surface area contributed by atoms with Gasteiger partial charge in [-0.3, -0.25) is 9.48 Å². The number of nitrogens with one attached hydrogen (secondary N) is 1. The predicted octanol–water partition coefficient (Wildman–Crippen LogP) is 1.31. The molecule has 0 spiro atoms. The monoisotopic (exact) mass is 368 g/mol. The summed E-state index contributed by atoms with van der Waals surface area (Å²) < 4.78 is 27.1. The van der Waals surface area contributed by atoms with Crippen LogP contribution in [0.5, 0.6) is 0 Å². The van der Waals surface area contributed by atoms with E-state index in [1.165, 1.54) is 11.3 Å². The van der Waals surface area contributed by atoms with Crippen molar-refractivity contribution in [3.8, 4) is 0 Å². The van der Waals surface area contributed by atoms with E-state index in [2.05, 4.69) is 9.82 Å². The number of hydrogen-bond acceptors (Lipinski definition) is 5. The Morgan fingerprint density at radius 2 is 2.21 bits per heavy atom. The van der Waals surface area contributed by atoms with Crippen LogP contribution in [0.4, 0.5) is 0 Å². The number of hydrogen-bond donors (Lipinski definition) is 1. The van der Waals surface area contributed by atoms with E-state index in [9.17, 15) is 13.2 Å². The lowest BCUT2D eigenvalue weighted by Gasteiger charge is -2.33. The van der Waals surface area contributed by atoms with E-state index in [0.717, 1.165) is 22.4 Å². The molecule has 1 aliphatic heterocycles. The molecule has 0 fully saturated rings. The van der Waals surface area contributed by atoms with E-state index >= 15 is 0 Å². The molecule has 2 aromatic rings. The van der Waals surface area contributed by atoms with Crippen molar-refractivity contribution in [2.75, 3.05) is 19.3 Å². The molecule has 0 saturated heterocycles. The van der Waals surface area contributed by atoms with Gasteiger partial charge in [0.15, 0.2) is 0 Å². The molecule has 0 saturated carbocycles. The predicted molar refractivity (Wildman–Crippen MR) is 92.6 cm³/mol. The van der Waals surface area contributed by atoms with E-state index in [0.29, 0.717) is 18.0 Å². The lowest BCUT2D eigenvalue weighted by Crippen LogP contribution is -2.45. The zero-order valence-corrected chi connectivity index (χ0v) is 15.4. The molecule has 0 radical (unpaired) electrons. The zero-order valence-electron chi connectivity index (χ0n) is 13.8. The van der Waals surface area contributed by atoms with Gasteiger partial charge in [0.2, 0.25) is 10.0 Å². The van der Waals surface area contributed by atoms with Gasteiger partial charge in [0.1, 0.15) is 0 Å². The highest BCUT2D eigenvalue weighted by Gasteiger charge is 2.30. The summed E-state index contributed by atoms with van der Waals surface area (Å²) in [6, 6.07) is 3.56. The van der Waals surface area contributed by atoms with Crippen LogP contribution in [0.1, 0.15) is 31.8 Å². The molecule has 24 heavy (non-hydrogen) atoms. The summed E-state index contributed by atoms with van der Waals surface area (Å²) in [6.07, 6.45) is 2.80. The van der Waals surface area contributed by atoms with Crippen molar-refractivity contribution in [3.05, 3.63) is 39.3 Å². The van der Waals surface area contributed by atoms with Gasteiger partial charge in [-0.1, -0.05) is 0 Å². The van der Waals surface area contributed by atoms with Crippen LogP contribution in [-0.4, -0.2) is 48.4 Å². The highest BCUT2D eigenvalue weighted by atomic mass is 32.2. The quantitative estimate of drug-likeness (QED) is 0.882. The van der Waals surface area contributed by atoms with Crippen LogP contribution in [0, 0.1) is 13.8 Å². The minimum atomic E-state index is -3.29. The maximum atomic E-state index is 12.8. The summed E-state index contributed by atoms with van der Waals surface area (Å²) in [7, 11) is -3.29. The minimum Gasteiger partial charge on any atom is -0.330 e. The number of carbonyl (C=O) groups excluding carboxylic acids is 1. The molecule has 1 N–H and O–H groups in total. The van der Waals surface area contributed by atoms with Crippen molar-refractivity contribution in [2.45, 2.75) is 26.4 Å². The average Bonchev–Trinajstić information content (AvgIpc) is 3.10. The molecule has 2 aromatic heterocycles. The standard InChI is InChI=1S/C15H20N4O3S2/c1-10-6-14(23-11(10)2)15(20)18-8-12-4-5-16-19(12)13(9-18)7-17-24(3,21)22/h4-6,13,17H,7-9H2,1-3H3. The first-order chi connectivity index (χ1) is 11.2. The molecule has 3 rings (SSSR count). The molecule has 0 bridgehead atoms. The van der Waals surface area contributed by atoms with Crippen molar-refractivity contribution in [1.82, 2.24) is 19.4 Å². The van der Waals surface area contributed by atoms with Gasteiger partial charge in [0.25, 0.3) is 5.91 Å². The van der Waals surface area contributed by atoms with E-state index < -0.39 is 10.0 Å². The highest BCUT2D eigenvalue weighted by Crippen LogP contribution is 2.26. The lowest BCUT2D eigenvalue weighted by molar-refractivity contribution is 0.0676. The van der Waals surface area contributed by atoms with Crippen molar-refractivity contribution in [3.63, 3.8) is 0 Å². The molecule has 130 valence electrons. The number of aromatic nitrogens is 2. The molecule has 0 aliphatic carbocycles. The Hall–Kier alpha value is -1.71. The molecule has 1 amide bonds. The van der Waals surface area contributed by atoms with Crippen LogP contribution < -0.4 is 4.72 Å². The first kappa shape index (κ1) is 17.1. The fourth-order valence-electron chi connectivity index (χ4n) is 2.78. The summed E-state index contributed by atoms with van der Waals surface area (Å²) in [5.41, 5.74) is 2.01. The first-order valence-electron chi connectivity index (χ1n) is 7.58. The summed E-state index contributed by atoms with van der Waals surface area (Å²) in [5, 5.41) is 4.27. The van der Waals surface area contributed by atoms with Gasteiger partial charge in [-0.2, -0.15) is 5.10 Å². The number of aryl methyl sites for hydroxylation is 2. The van der Waals surface area contributed by atoms with Gasteiger partial charge in [-0.25, -0.2) is 13.1 Å². The van der Waals surface area contributed by atoms with Crippen molar-refractivity contribution >= 4 is 27.3 Å². The third-order valence-corrected chi connectivity index (χ3v) is 5.96. The second kappa shape index (κ2) is 6.30. The summed E-state index contributed by atoms with van der Waals surface area (Å²) in [6.45, 7) is 5.10. The van der Waals surface area contributed by atoms with Crippen molar-refractivity contribution in [1.29, 1.82) is 0 Å². The summed E-state index contributed by atoms with van der Waals surface area (Å²) >= 11 is 1.49. The number of fused-ring (bicyclic) bond motifs is 1. The van der Waals surface area contributed by atoms with Gasteiger partial charge < -0.3 is 4.90 Å². The average molecular weight is 368 g/mol. The molecule has 9 heteroatoms. The van der Waals surface area contributed by atoms with Crippen LogP contribution in [0.25, 0.3) is 0 Å². The first-order valence-corrected chi connectivity index (χ1v) is 10.3. The number of sulfonamides is 1. The lowest BCUT2D eigenvalue weighted by atomic mass is 10.2. The zero-order chi connectivity index (χ0) is 17.5. The molecule has 0 aromatic carbocycles. The maximum Gasteiger partial charge on any atom is 0.264 e. The Kier molecular flexibility index (Phi) is 4.50. The fourth-order valence-corrected chi connectivity index (χ4v) is 4.27. The van der Waals surface area contributed by atoms with E-state index in [-0.39, 0.29) is 18.5 Å². The van der Waals surface area contributed by atoms with Gasteiger partial charge in [0.05, 0.1) is 29.4 Å². The summed E-state index contributed by atoms with van der Waals surface area (Å²) in [4.78, 5) is 16.4. The third-order valence-electron chi connectivity index (χ3n) is 4.13. The molecule has 3 heterocycles. The Morgan fingerprint density at radius 3 is 2.83 bits per heavy atom. The van der Waals surface area contributed by atoms with E-state index in [1.54, 1.807) is 15.8 Å². The van der Waals surface area contributed by atoms with E-state index in [1.807, 2.05) is 26.0 Å². The number of thiophene rings is 1. The largest absolute Gasteiger partial charge is 0.330 e. The SMILES string of the molecule is Cc1cc(C(=O)N2Cc3ccnn3C(CNS(C)(=O)=O)C2)sc1C. The molecule has 1 aliphatic rings. The number of carbonyl (C=O) groups is 1. The van der Waals surface area contributed by atoms with Crippen LogP contribution in [0.3, 0.4) is 0 Å². The van der Waals surface area contributed by atoms with Crippen LogP contribution >= 0.6 is 11.3 Å². The molecular weight excluding hydrogens is 348 g/mol. The molecule has 7 nitrogen and oxygen atoms in total. The number of rotatable bonds is 4. The minimum absolute atomic E-state index is 0.0204. The highest BCUT2D eigenvalue weighted by molar-refractivity contribution is 7.88. The normalized spacial score (nSPS) is 17.8.